The van der Waals surface area contributed by atoms with Gasteiger partial charge >= 0.3 is 5.97 Å². The van der Waals surface area contributed by atoms with Crippen LogP contribution in [0.2, 0.25) is 0 Å². The number of benzene rings is 1. The summed E-state index contributed by atoms with van der Waals surface area (Å²) in [7, 11) is 1.85. The Bertz CT molecular complexity index is 736. The van der Waals surface area contributed by atoms with E-state index in [1.165, 1.54) is 0 Å². The van der Waals surface area contributed by atoms with Gasteiger partial charge in [-0.25, -0.2) is 0 Å². The fourth-order valence-electron chi connectivity index (χ4n) is 3.25. The molecule has 1 aromatic heterocycles. The summed E-state index contributed by atoms with van der Waals surface area (Å²) in [4.78, 5) is 26.0. The van der Waals surface area contributed by atoms with Crippen LogP contribution in [0.4, 0.5) is 0 Å². The minimum atomic E-state index is -0.850. The normalized spacial score (nSPS) is 20.7. The van der Waals surface area contributed by atoms with Crippen LogP contribution >= 0.6 is 0 Å². The molecule has 0 bridgehead atoms. The fourth-order valence-corrected chi connectivity index (χ4v) is 3.25. The van der Waals surface area contributed by atoms with Crippen LogP contribution in [-0.2, 0) is 11.8 Å². The van der Waals surface area contributed by atoms with Gasteiger partial charge in [0.25, 0.3) is 5.91 Å². The molecule has 0 aliphatic carbocycles. The van der Waals surface area contributed by atoms with Gasteiger partial charge in [-0.05, 0) is 24.6 Å². The van der Waals surface area contributed by atoms with Gasteiger partial charge in [0.15, 0.2) is 0 Å². The van der Waals surface area contributed by atoms with Crippen molar-refractivity contribution in [2.24, 2.45) is 13.0 Å². The average molecular weight is 312 g/mol. The molecule has 120 valence electrons. The van der Waals surface area contributed by atoms with E-state index in [4.69, 9.17) is 0 Å². The highest BCUT2D eigenvalue weighted by Crippen LogP contribution is 2.33. The minimum Gasteiger partial charge on any atom is -0.481 e. The zero-order chi connectivity index (χ0) is 16.6. The molecule has 1 N–H and O–H groups in total. The molecular weight excluding hydrogens is 292 g/mol. The molecule has 0 unspecified atom stereocenters. The first-order chi connectivity index (χ1) is 11.0. The molecular formula is C18H20N2O3. The van der Waals surface area contributed by atoms with Crippen molar-refractivity contribution in [1.82, 2.24) is 9.47 Å². The van der Waals surface area contributed by atoms with Crippen molar-refractivity contribution >= 4 is 11.9 Å². The number of likely N-dealkylation sites (tertiary alicyclic amines) is 1. The number of carboxylic acid groups (broad SMARTS) is 1. The monoisotopic (exact) mass is 312 g/mol. The maximum atomic E-state index is 12.7. The number of rotatable bonds is 3. The van der Waals surface area contributed by atoms with E-state index in [0.29, 0.717) is 12.2 Å². The molecule has 23 heavy (non-hydrogen) atoms. The van der Waals surface area contributed by atoms with E-state index in [-0.39, 0.29) is 18.4 Å². The second-order valence-corrected chi connectivity index (χ2v) is 6.09. The quantitative estimate of drug-likeness (QED) is 0.945. The van der Waals surface area contributed by atoms with Crippen molar-refractivity contribution in [2.75, 3.05) is 13.1 Å². The molecule has 1 aliphatic rings. The van der Waals surface area contributed by atoms with E-state index in [0.717, 1.165) is 11.3 Å². The number of aryl methyl sites for hydroxylation is 1. The number of aromatic nitrogens is 1. The zero-order valence-corrected chi connectivity index (χ0v) is 13.3. The number of amides is 1. The molecule has 1 amide bonds. The SMILES string of the molecule is Cc1ccc(C(=O)N2C[C@H](C(=O)O)[C@H](c3ccccc3)C2)n1C. The lowest BCUT2D eigenvalue weighted by Gasteiger charge is -2.17. The van der Waals surface area contributed by atoms with Crippen molar-refractivity contribution in [2.45, 2.75) is 12.8 Å². The van der Waals surface area contributed by atoms with Crippen LogP contribution in [0.5, 0.6) is 0 Å². The maximum Gasteiger partial charge on any atom is 0.308 e. The van der Waals surface area contributed by atoms with Crippen LogP contribution in [-0.4, -0.2) is 39.5 Å². The molecule has 2 aromatic rings. The molecule has 1 aromatic carbocycles. The summed E-state index contributed by atoms with van der Waals surface area (Å²) in [6, 6.07) is 13.3. The number of carboxylic acids is 1. The number of hydrogen-bond acceptors (Lipinski definition) is 2. The summed E-state index contributed by atoms with van der Waals surface area (Å²) in [5.41, 5.74) is 2.57. The van der Waals surface area contributed by atoms with Crippen molar-refractivity contribution in [3.63, 3.8) is 0 Å². The molecule has 2 heterocycles. The highest BCUT2D eigenvalue weighted by molar-refractivity contribution is 5.93. The summed E-state index contributed by atoms with van der Waals surface area (Å²) in [5.74, 6) is -1.69. The lowest BCUT2D eigenvalue weighted by molar-refractivity contribution is -0.141. The number of hydrogen-bond donors (Lipinski definition) is 1. The van der Waals surface area contributed by atoms with Gasteiger partial charge in [-0.15, -0.1) is 0 Å². The van der Waals surface area contributed by atoms with E-state index in [1.54, 1.807) is 11.0 Å². The second-order valence-electron chi connectivity index (χ2n) is 6.09. The minimum absolute atomic E-state index is 0.106. The summed E-state index contributed by atoms with van der Waals surface area (Å²) in [6.45, 7) is 2.62. The molecule has 5 heteroatoms. The Morgan fingerprint density at radius 1 is 1.09 bits per heavy atom. The van der Waals surface area contributed by atoms with Crippen molar-refractivity contribution in [1.29, 1.82) is 0 Å². The lowest BCUT2D eigenvalue weighted by atomic mass is 9.89. The summed E-state index contributed by atoms with van der Waals surface area (Å²) < 4.78 is 1.84. The third-order valence-corrected chi connectivity index (χ3v) is 4.74. The Morgan fingerprint density at radius 3 is 2.35 bits per heavy atom. The van der Waals surface area contributed by atoms with Gasteiger partial charge in [-0.3, -0.25) is 9.59 Å². The predicted octanol–water partition coefficient (Wildman–Crippen LogP) is 2.27. The van der Waals surface area contributed by atoms with Gasteiger partial charge in [0, 0.05) is 31.7 Å². The fraction of sp³-hybridized carbons (Fsp3) is 0.333. The van der Waals surface area contributed by atoms with Gasteiger partial charge < -0.3 is 14.6 Å². The van der Waals surface area contributed by atoms with Gasteiger partial charge in [0.05, 0.1) is 5.92 Å². The number of aliphatic carboxylic acids is 1. The van der Waals surface area contributed by atoms with Gasteiger partial charge in [-0.2, -0.15) is 0 Å². The molecule has 1 fully saturated rings. The van der Waals surface area contributed by atoms with Crippen LogP contribution < -0.4 is 0 Å². The first-order valence-electron chi connectivity index (χ1n) is 7.68. The summed E-state index contributed by atoms with van der Waals surface area (Å²) in [5, 5.41) is 9.53. The van der Waals surface area contributed by atoms with E-state index >= 15 is 0 Å². The first-order valence-corrected chi connectivity index (χ1v) is 7.68. The number of nitrogens with zero attached hydrogens (tertiary/aromatic N) is 2. The zero-order valence-electron chi connectivity index (χ0n) is 13.3. The number of carbonyl (C=O) groups is 2. The van der Waals surface area contributed by atoms with Crippen molar-refractivity contribution in [3.05, 3.63) is 59.4 Å². The molecule has 0 saturated carbocycles. The molecule has 1 saturated heterocycles. The van der Waals surface area contributed by atoms with Crippen LogP contribution in [0.3, 0.4) is 0 Å². The highest BCUT2D eigenvalue weighted by atomic mass is 16.4. The van der Waals surface area contributed by atoms with Crippen LogP contribution in [0.15, 0.2) is 42.5 Å². The molecule has 0 radical (unpaired) electrons. The van der Waals surface area contributed by atoms with Crippen molar-refractivity contribution in [3.8, 4) is 0 Å². The standard InChI is InChI=1S/C18H20N2O3/c1-12-8-9-16(19(12)2)17(21)20-10-14(15(11-20)18(22)23)13-6-4-3-5-7-13/h3-9,14-15H,10-11H2,1-2H3,(H,22,23)/t14-,15-/m0/s1. The van der Waals surface area contributed by atoms with Gasteiger partial charge in [0.2, 0.25) is 0 Å². The summed E-state index contributed by atoms with van der Waals surface area (Å²) >= 11 is 0. The van der Waals surface area contributed by atoms with Gasteiger partial charge in [-0.1, -0.05) is 30.3 Å². The highest BCUT2D eigenvalue weighted by Gasteiger charge is 2.41. The first kappa shape index (κ1) is 15.3. The topological polar surface area (TPSA) is 62.5 Å². The van der Waals surface area contributed by atoms with Crippen molar-refractivity contribution < 1.29 is 14.7 Å². The van der Waals surface area contributed by atoms with Gasteiger partial charge in [0.1, 0.15) is 5.69 Å². The van der Waals surface area contributed by atoms with Crippen LogP contribution in [0.1, 0.15) is 27.7 Å². The third kappa shape index (κ3) is 2.74. The molecule has 1 aliphatic heterocycles. The van der Waals surface area contributed by atoms with E-state index < -0.39 is 11.9 Å². The Kier molecular flexibility index (Phi) is 3.94. The van der Waals surface area contributed by atoms with Crippen LogP contribution in [0, 0.1) is 12.8 Å². The molecule has 3 rings (SSSR count). The second kappa shape index (κ2) is 5.91. The maximum absolute atomic E-state index is 12.7. The van der Waals surface area contributed by atoms with E-state index in [2.05, 4.69) is 0 Å². The Balaban J connectivity index is 1.87. The molecule has 5 nitrogen and oxygen atoms in total. The third-order valence-electron chi connectivity index (χ3n) is 4.74. The Labute approximate surface area is 135 Å². The van der Waals surface area contributed by atoms with E-state index in [1.807, 2.05) is 54.9 Å². The lowest BCUT2D eigenvalue weighted by Crippen LogP contribution is -2.31. The predicted molar refractivity (Wildman–Crippen MR) is 86.4 cm³/mol. The van der Waals surface area contributed by atoms with E-state index in [9.17, 15) is 14.7 Å². The molecule has 0 spiro atoms. The molecule has 2 atom stereocenters. The Morgan fingerprint density at radius 2 is 1.78 bits per heavy atom. The summed E-state index contributed by atoms with van der Waals surface area (Å²) in [6.07, 6.45) is 0. The smallest absolute Gasteiger partial charge is 0.308 e. The Hall–Kier alpha value is -2.56. The average Bonchev–Trinajstić information content (AvgIpc) is 3.13. The number of carbonyl (C=O) groups excluding carboxylic acids is 1. The van der Waals surface area contributed by atoms with Crippen LogP contribution in [0.25, 0.3) is 0 Å². The largest absolute Gasteiger partial charge is 0.481 e.